The Morgan fingerprint density at radius 3 is 0.696 bits per heavy atom. The number of hydrogen-bond donors (Lipinski definition) is 2. The molecule has 0 unspecified atom stereocenters. The maximum Gasteiger partial charge on any atom is 2.00 e. The fourth-order valence-electron chi connectivity index (χ4n) is 0. The summed E-state index contributed by atoms with van der Waals surface area (Å²) >= 11 is 0. The van der Waals surface area contributed by atoms with Crippen molar-refractivity contribution in [2.75, 3.05) is 13.2 Å². The van der Waals surface area contributed by atoms with E-state index in [0.717, 1.165) is 0 Å². The molecule has 23 heavy (non-hydrogen) atoms. The summed E-state index contributed by atoms with van der Waals surface area (Å²) in [5.41, 5.74) is 0. The van der Waals surface area contributed by atoms with Gasteiger partial charge in [-0.25, -0.2) is 0 Å². The quantitative estimate of drug-likeness (QED) is 0.198. The fourth-order valence-corrected chi connectivity index (χ4v) is 0. The second-order valence-electron chi connectivity index (χ2n) is 1.88. The molecule has 0 aromatic carbocycles. The molecule has 14 nitrogen and oxygen atoms in total. The molecule has 19 heteroatoms. The van der Waals surface area contributed by atoms with E-state index in [1.807, 2.05) is 0 Å². The number of carbonyl (C=O) groups is 2. The second-order valence-corrected chi connectivity index (χ2v) is 3.51. The molecule has 0 saturated heterocycles. The number of aliphatic hydroxyl groups is 2. The first-order valence-electron chi connectivity index (χ1n) is 3.49. The molecule has 0 heterocycles. The van der Waals surface area contributed by atoms with E-state index < -0.39 is 46.0 Å². The second kappa shape index (κ2) is 24.4. The van der Waals surface area contributed by atoms with Crippen molar-refractivity contribution in [2.45, 2.75) is 0 Å². The molecule has 0 aliphatic carbocycles. The van der Waals surface area contributed by atoms with E-state index in [-0.39, 0.29) is 51.2 Å². The van der Waals surface area contributed by atoms with E-state index in [2.05, 4.69) is 0 Å². The fraction of sp³-hybridized carbons (Fsp3) is 0.500. The van der Waals surface area contributed by atoms with Gasteiger partial charge < -0.3 is 48.2 Å². The predicted octanol–water partition coefficient (Wildman–Crippen LogP) is -7.23. The van der Waals surface area contributed by atoms with Gasteiger partial charge in [-0.1, -0.05) is 0 Å². The Balaban J connectivity index is -0.0000000284. The average Bonchev–Trinajstić information content (AvgIpc) is 2.13. The first kappa shape index (κ1) is 43.6. The third kappa shape index (κ3) is 521. The van der Waals surface area contributed by atoms with Crippen LogP contribution in [0, 0.1) is 0 Å². The zero-order chi connectivity index (χ0) is 17.6. The van der Waals surface area contributed by atoms with E-state index in [1.165, 1.54) is 0 Å². The van der Waals surface area contributed by atoms with Crippen LogP contribution in [0.3, 0.4) is 0 Å². The van der Waals surface area contributed by atoms with Crippen LogP contribution in [0.5, 0.6) is 0 Å². The molecule has 0 saturated carbocycles. The van der Waals surface area contributed by atoms with Gasteiger partial charge in [0.2, 0.25) is 0 Å². The Labute approximate surface area is 161 Å². The van der Waals surface area contributed by atoms with Crippen molar-refractivity contribution in [1.29, 1.82) is 0 Å². The molecule has 0 aromatic rings. The molecule has 0 aromatic heterocycles. The molecule has 0 radical (unpaired) electrons. The molecule has 0 aliphatic heterocycles. The van der Waals surface area contributed by atoms with Crippen molar-refractivity contribution >= 4 is 32.7 Å². The van der Waals surface area contributed by atoms with Crippen molar-refractivity contribution in [3.8, 4) is 0 Å². The van der Waals surface area contributed by atoms with E-state index in [0.29, 0.717) is 0 Å². The maximum absolute atomic E-state index is 9.01. The Kier molecular flexibility index (Phi) is 46.2. The summed E-state index contributed by atoms with van der Waals surface area (Å²) in [5.74, 6) is -2.88. The van der Waals surface area contributed by atoms with Crippen molar-refractivity contribution in [3.05, 3.63) is 0 Å². The minimum absolute atomic E-state index is 0. The number of aliphatic carboxylic acids is 2. The van der Waals surface area contributed by atoms with E-state index in [4.69, 9.17) is 65.1 Å². The molecule has 0 bridgehead atoms. The molecule has 0 aliphatic rings. The van der Waals surface area contributed by atoms with Gasteiger partial charge in [-0.15, -0.1) is 0 Å². The van der Waals surface area contributed by atoms with Gasteiger partial charge in [-0.3, -0.25) is 16.8 Å². The molecular weight excluding hydrogens is 504 g/mol. The number of carboxylic acids is 2. The molecule has 0 fully saturated rings. The smallest absolute Gasteiger partial charge is 0.759 e. The normalized spacial score (nSPS) is 8.26. The van der Waals surface area contributed by atoms with Crippen LogP contribution in [0.25, 0.3) is 0 Å². The molecule has 0 atom stereocenters. The van der Waals surface area contributed by atoms with Crippen molar-refractivity contribution < 1.29 is 116 Å². The van der Waals surface area contributed by atoms with Crippen LogP contribution in [0.2, 0.25) is 0 Å². The standard InChI is InChI=1S/2C2H4O3.3Fe.2H2O4S/c2*3-1-2(4)5;;;;2*1-5(2,3)4/h2*3H,1H2,(H,4,5);;;;2*(H2,1,2,3,4)/q;;3*+2;;/p-6. The van der Waals surface area contributed by atoms with Crippen LogP contribution in [0.4, 0.5) is 0 Å². The van der Waals surface area contributed by atoms with Gasteiger partial charge in [0.05, 0.1) is 25.2 Å². The van der Waals surface area contributed by atoms with Crippen LogP contribution in [-0.2, 0) is 81.6 Å². The van der Waals surface area contributed by atoms with Crippen molar-refractivity contribution in [2.24, 2.45) is 0 Å². The van der Waals surface area contributed by atoms with Gasteiger partial charge in [0.15, 0.2) is 0 Å². The zero-order valence-corrected chi connectivity index (χ0v) is 15.0. The van der Waals surface area contributed by atoms with Crippen molar-refractivity contribution in [3.63, 3.8) is 0 Å². The number of aliphatic hydroxyl groups excluding tert-OH is 2. The van der Waals surface area contributed by atoms with Crippen LogP contribution in [0.15, 0.2) is 0 Å². The Morgan fingerprint density at radius 2 is 0.696 bits per heavy atom. The molecule has 2 N–H and O–H groups in total. The van der Waals surface area contributed by atoms with Gasteiger partial charge in [-0.05, 0) is 0 Å². The summed E-state index contributed by atoms with van der Waals surface area (Å²) in [4.78, 5) is 18.0. The van der Waals surface area contributed by atoms with Crippen LogP contribution in [0.1, 0.15) is 0 Å². The molecule has 0 rings (SSSR count). The Morgan fingerprint density at radius 1 is 0.652 bits per heavy atom. The minimum Gasteiger partial charge on any atom is -0.759 e. The monoisotopic (exact) mass is 510 g/mol. The molecule has 0 amide bonds. The summed E-state index contributed by atoms with van der Waals surface area (Å²) < 4.78 is 68.2. The van der Waals surface area contributed by atoms with E-state index >= 15 is 0 Å². The maximum atomic E-state index is 9.01. The Bertz CT molecular complexity index is 396. The molecule has 142 valence electrons. The van der Waals surface area contributed by atoms with Gasteiger partial charge >= 0.3 is 51.2 Å². The van der Waals surface area contributed by atoms with Crippen LogP contribution >= 0.6 is 0 Å². The number of rotatable bonds is 2. The SMILES string of the molecule is O=C([O-])CO.O=C([O-])CO.O=S(=O)([O-])[O-].O=S(=O)([O-])[O-].[Fe+2].[Fe+2].[Fe+2]. The van der Waals surface area contributed by atoms with Gasteiger partial charge in [0.25, 0.3) is 0 Å². The van der Waals surface area contributed by atoms with Gasteiger partial charge in [0.1, 0.15) is 0 Å². The predicted molar refractivity (Wildman–Crippen MR) is 45.1 cm³/mol. The summed E-state index contributed by atoms with van der Waals surface area (Å²) in [6.07, 6.45) is 0. The topological polar surface area (TPSA) is 281 Å². The number of carbonyl (C=O) groups excluding carboxylic acids is 2. The zero-order valence-electron chi connectivity index (χ0n) is 10.1. The summed E-state index contributed by atoms with van der Waals surface area (Å²) in [5, 5.41) is 33.0. The van der Waals surface area contributed by atoms with Crippen molar-refractivity contribution in [1.82, 2.24) is 0 Å². The van der Waals surface area contributed by atoms with Crippen LogP contribution < -0.4 is 10.2 Å². The summed E-state index contributed by atoms with van der Waals surface area (Å²) in [6.45, 7) is -1.78. The van der Waals surface area contributed by atoms with Gasteiger partial charge in [-0.2, -0.15) is 0 Å². The minimum atomic E-state index is -5.17. The number of carboxylic acid groups (broad SMARTS) is 2. The third-order valence-corrected chi connectivity index (χ3v) is 0.258. The first-order chi connectivity index (χ1) is 8.54. The summed E-state index contributed by atoms with van der Waals surface area (Å²) in [7, 11) is -10.3. The van der Waals surface area contributed by atoms with E-state index in [9.17, 15) is 0 Å². The van der Waals surface area contributed by atoms with Gasteiger partial charge in [0, 0.05) is 20.8 Å². The Hall–Kier alpha value is 0.158. The largest absolute Gasteiger partial charge is 2.00 e. The third-order valence-electron chi connectivity index (χ3n) is 0.258. The molecule has 0 spiro atoms. The molecular formula is C4H6Fe3O14S2. The van der Waals surface area contributed by atoms with E-state index in [1.54, 1.807) is 0 Å². The first-order valence-corrected chi connectivity index (χ1v) is 6.16. The number of hydrogen-bond acceptors (Lipinski definition) is 14. The summed E-state index contributed by atoms with van der Waals surface area (Å²) in [6, 6.07) is 0. The van der Waals surface area contributed by atoms with Crippen LogP contribution in [-0.4, -0.2) is 70.4 Å². The average molecular weight is 510 g/mol.